The Morgan fingerprint density at radius 3 is 1.65 bits per heavy atom. The normalized spacial score (nSPS) is 10.7. The van der Waals surface area contributed by atoms with Gasteiger partial charge in [-0.1, -0.05) is 24.3 Å². The molecule has 0 aliphatic rings. The Kier molecular flexibility index (Phi) is 3.70. The van der Waals surface area contributed by atoms with Crippen molar-refractivity contribution in [3.05, 3.63) is 65.7 Å². The first-order chi connectivity index (χ1) is 11.0. The maximum atomic E-state index is 6.43. The van der Waals surface area contributed by atoms with E-state index in [0.29, 0.717) is 0 Å². The lowest BCUT2D eigenvalue weighted by Crippen LogP contribution is -1.99. The number of rotatable bonds is 2. The van der Waals surface area contributed by atoms with Gasteiger partial charge in [0.15, 0.2) is 0 Å². The zero-order chi connectivity index (χ0) is 16.6. The van der Waals surface area contributed by atoms with Crippen molar-refractivity contribution in [3.63, 3.8) is 0 Å². The first kappa shape index (κ1) is 15.0. The molecule has 3 heteroatoms. The molecule has 0 aromatic heterocycles. The second-order valence-corrected chi connectivity index (χ2v) is 5.90. The Hall–Kier alpha value is -2.94. The molecule has 0 heterocycles. The molecule has 0 atom stereocenters. The zero-order valence-corrected chi connectivity index (χ0v) is 13.4. The van der Waals surface area contributed by atoms with E-state index >= 15 is 0 Å². The lowest BCUT2D eigenvalue weighted by molar-refractivity contribution is 1.38. The second kappa shape index (κ2) is 5.69. The van der Waals surface area contributed by atoms with Crippen molar-refractivity contribution < 1.29 is 0 Å². The Morgan fingerprint density at radius 2 is 1.13 bits per heavy atom. The van der Waals surface area contributed by atoms with Gasteiger partial charge in [0.25, 0.3) is 0 Å². The maximum Gasteiger partial charge on any atom is 0.0429 e. The van der Waals surface area contributed by atoms with Gasteiger partial charge in [-0.15, -0.1) is 0 Å². The Bertz CT molecular complexity index is 848. The summed E-state index contributed by atoms with van der Waals surface area (Å²) < 4.78 is 0. The average Bonchev–Trinajstić information content (AvgIpc) is 2.54. The zero-order valence-electron chi connectivity index (χ0n) is 13.4. The minimum Gasteiger partial charge on any atom is -0.399 e. The molecule has 0 saturated carbocycles. The molecule has 0 radical (unpaired) electrons. The van der Waals surface area contributed by atoms with Crippen LogP contribution in [0.25, 0.3) is 22.3 Å². The minimum absolute atomic E-state index is 0.749. The second-order valence-electron chi connectivity index (χ2n) is 5.90. The van der Waals surface area contributed by atoms with Crippen LogP contribution in [0.1, 0.15) is 11.1 Å². The molecule has 23 heavy (non-hydrogen) atoms. The van der Waals surface area contributed by atoms with Crippen LogP contribution >= 0.6 is 0 Å². The smallest absolute Gasteiger partial charge is 0.0429 e. The van der Waals surface area contributed by atoms with Gasteiger partial charge in [0.2, 0.25) is 0 Å². The summed E-state index contributed by atoms with van der Waals surface area (Å²) in [6.45, 7) is 4.17. The molecule has 3 nitrogen and oxygen atoms in total. The highest BCUT2D eigenvalue weighted by molar-refractivity contribution is 5.87. The fourth-order valence-corrected chi connectivity index (χ4v) is 2.99. The summed E-state index contributed by atoms with van der Waals surface area (Å²) >= 11 is 0. The van der Waals surface area contributed by atoms with Crippen LogP contribution in [0.4, 0.5) is 17.1 Å². The summed E-state index contributed by atoms with van der Waals surface area (Å²) in [5.41, 5.74) is 27.0. The third kappa shape index (κ3) is 2.73. The molecule has 0 unspecified atom stereocenters. The molecule has 3 aromatic carbocycles. The molecule has 0 aliphatic carbocycles. The molecule has 116 valence electrons. The first-order valence-electron chi connectivity index (χ1n) is 7.59. The van der Waals surface area contributed by atoms with E-state index < -0.39 is 0 Å². The topological polar surface area (TPSA) is 78.1 Å². The van der Waals surface area contributed by atoms with Crippen molar-refractivity contribution in [2.45, 2.75) is 13.8 Å². The van der Waals surface area contributed by atoms with Gasteiger partial charge in [-0.05, 0) is 72.0 Å². The van der Waals surface area contributed by atoms with Gasteiger partial charge in [-0.3, -0.25) is 0 Å². The maximum absolute atomic E-state index is 6.43. The quantitative estimate of drug-likeness (QED) is 0.615. The van der Waals surface area contributed by atoms with Crippen LogP contribution in [0.3, 0.4) is 0 Å². The van der Waals surface area contributed by atoms with E-state index in [1.807, 2.05) is 48.5 Å². The van der Waals surface area contributed by atoms with E-state index in [9.17, 15) is 0 Å². The van der Waals surface area contributed by atoms with Crippen molar-refractivity contribution in [2.75, 3.05) is 17.2 Å². The van der Waals surface area contributed by atoms with Gasteiger partial charge in [0.1, 0.15) is 0 Å². The number of nitrogens with two attached hydrogens (primary N) is 3. The van der Waals surface area contributed by atoms with E-state index in [0.717, 1.165) is 39.3 Å². The number of anilines is 3. The van der Waals surface area contributed by atoms with Crippen molar-refractivity contribution in [3.8, 4) is 22.3 Å². The largest absolute Gasteiger partial charge is 0.399 e. The predicted octanol–water partition coefficient (Wildman–Crippen LogP) is 4.38. The van der Waals surface area contributed by atoms with Crippen LogP contribution in [0.2, 0.25) is 0 Å². The van der Waals surface area contributed by atoms with E-state index in [2.05, 4.69) is 19.9 Å². The average molecular weight is 303 g/mol. The Morgan fingerprint density at radius 1 is 0.652 bits per heavy atom. The molecule has 3 rings (SSSR count). The summed E-state index contributed by atoms with van der Waals surface area (Å²) in [5.74, 6) is 0. The molecule has 0 bridgehead atoms. The van der Waals surface area contributed by atoms with Gasteiger partial charge < -0.3 is 17.2 Å². The van der Waals surface area contributed by atoms with Crippen LogP contribution in [0.5, 0.6) is 0 Å². The molecule has 0 spiro atoms. The summed E-state index contributed by atoms with van der Waals surface area (Å²) in [5, 5.41) is 0. The molecule has 0 fully saturated rings. The van der Waals surface area contributed by atoms with E-state index in [4.69, 9.17) is 17.2 Å². The molecule has 3 aromatic rings. The van der Waals surface area contributed by atoms with Gasteiger partial charge in [0.05, 0.1) is 0 Å². The van der Waals surface area contributed by atoms with Crippen molar-refractivity contribution in [2.24, 2.45) is 0 Å². The predicted molar refractivity (Wildman–Crippen MR) is 100 cm³/mol. The minimum atomic E-state index is 0.749. The van der Waals surface area contributed by atoms with E-state index in [1.165, 1.54) is 11.1 Å². The summed E-state index contributed by atoms with van der Waals surface area (Å²) in [6.07, 6.45) is 0. The summed E-state index contributed by atoms with van der Waals surface area (Å²) in [7, 11) is 0. The fraction of sp³-hybridized carbons (Fsp3) is 0.100. The highest BCUT2D eigenvalue weighted by Gasteiger charge is 2.13. The van der Waals surface area contributed by atoms with E-state index in [-0.39, 0.29) is 0 Å². The van der Waals surface area contributed by atoms with Crippen LogP contribution in [0.15, 0.2) is 54.6 Å². The third-order valence-corrected chi connectivity index (χ3v) is 4.25. The van der Waals surface area contributed by atoms with Gasteiger partial charge in [-0.25, -0.2) is 0 Å². The van der Waals surface area contributed by atoms with E-state index in [1.54, 1.807) is 0 Å². The molecule has 6 N–H and O–H groups in total. The van der Waals surface area contributed by atoms with Gasteiger partial charge in [-0.2, -0.15) is 0 Å². The lowest BCUT2D eigenvalue weighted by atomic mass is 9.89. The van der Waals surface area contributed by atoms with Crippen LogP contribution < -0.4 is 17.2 Å². The fourth-order valence-electron chi connectivity index (χ4n) is 2.99. The summed E-state index contributed by atoms with van der Waals surface area (Å²) in [4.78, 5) is 0. The molecule has 0 amide bonds. The van der Waals surface area contributed by atoms with Crippen LogP contribution in [-0.2, 0) is 0 Å². The van der Waals surface area contributed by atoms with Crippen molar-refractivity contribution >= 4 is 17.1 Å². The van der Waals surface area contributed by atoms with Gasteiger partial charge >= 0.3 is 0 Å². The molecular formula is C20H21N3. The Labute approximate surface area is 136 Å². The molecular weight excluding hydrogens is 282 g/mol. The standard InChI is InChI=1S/C20H21N3/c1-12-11-18(14-3-7-16(21)8-4-14)20(23)13(2)19(12)15-5-9-17(22)10-6-15/h3-11H,21-23H2,1-2H3. The van der Waals surface area contributed by atoms with Gasteiger partial charge in [0, 0.05) is 22.6 Å². The van der Waals surface area contributed by atoms with Crippen LogP contribution in [0, 0.1) is 13.8 Å². The number of aryl methyl sites for hydroxylation is 1. The van der Waals surface area contributed by atoms with Crippen molar-refractivity contribution in [1.29, 1.82) is 0 Å². The Balaban J connectivity index is 2.17. The monoisotopic (exact) mass is 303 g/mol. The van der Waals surface area contributed by atoms with Crippen LogP contribution in [-0.4, -0.2) is 0 Å². The number of benzene rings is 3. The highest BCUT2D eigenvalue weighted by Crippen LogP contribution is 2.38. The highest BCUT2D eigenvalue weighted by atomic mass is 14.6. The third-order valence-electron chi connectivity index (χ3n) is 4.25. The molecule has 0 aliphatic heterocycles. The first-order valence-corrected chi connectivity index (χ1v) is 7.59. The molecule has 0 saturated heterocycles. The summed E-state index contributed by atoms with van der Waals surface area (Å²) in [6, 6.07) is 17.8. The number of hydrogen-bond acceptors (Lipinski definition) is 3. The lowest BCUT2D eigenvalue weighted by Gasteiger charge is -2.17. The number of nitrogen functional groups attached to an aromatic ring is 3. The SMILES string of the molecule is Cc1cc(-c2ccc(N)cc2)c(N)c(C)c1-c1ccc(N)cc1. The number of hydrogen-bond donors (Lipinski definition) is 3. The van der Waals surface area contributed by atoms with Crippen molar-refractivity contribution in [1.82, 2.24) is 0 Å².